The van der Waals surface area contributed by atoms with Crippen LogP contribution in [0.3, 0.4) is 0 Å². The van der Waals surface area contributed by atoms with Crippen LogP contribution in [-0.2, 0) is 7.05 Å². The quantitative estimate of drug-likeness (QED) is 0.911. The maximum Gasteiger partial charge on any atom is 0.255 e. The van der Waals surface area contributed by atoms with Crippen LogP contribution in [0.2, 0.25) is 0 Å². The van der Waals surface area contributed by atoms with E-state index in [0.717, 1.165) is 36.1 Å². The van der Waals surface area contributed by atoms with Gasteiger partial charge in [0.15, 0.2) is 5.65 Å². The lowest BCUT2D eigenvalue weighted by Gasteiger charge is -2.39. The maximum atomic E-state index is 13.1. The van der Waals surface area contributed by atoms with E-state index in [9.17, 15) is 4.79 Å². The Hall–Kier alpha value is -1.95. The van der Waals surface area contributed by atoms with Crippen LogP contribution in [0.25, 0.3) is 11.0 Å². The molecule has 22 heavy (non-hydrogen) atoms. The third kappa shape index (κ3) is 2.37. The number of carbonyl (C=O) groups excluding carboxylic acids is 1. The highest BCUT2D eigenvalue weighted by Gasteiger charge is 2.32. The number of hydrogen-bond acceptors (Lipinski definition) is 4. The number of rotatable bonds is 2. The molecule has 1 amide bonds. The number of likely N-dealkylation sites (tertiary alicyclic amines) is 1. The topological polar surface area (TPSA) is 77.0 Å². The molecular weight excluding hydrogens is 278 g/mol. The fourth-order valence-electron chi connectivity index (χ4n) is 3.43. The number of piperidine rings is 1. The Kier molecular flexibility index (Phi) is 3.87. The van der Waals surface area contributed by atoms with Crippen molar-refractivity contribution in [3.05, 3.63) is 23.5 Å². The molecular formula is C16H23N5O. The van der Waals surface area contributed by atoms with E-state index in [-0.39, 0.29) is 11.9 Å². The Labute approximate surface area is 130 Å². The number of aromatic nitrogens is 3. The molecule has 0 aliphatic carbocycles. The van der Waals surface area contributed by atoms with Gasteiger partial charge in [-0.25, -0.2) is 4.98 Å². The van der Waals surface area contributed by atoms with E-state index in [1.54, 1.807) is 10.9 Å². The Morgan fingerprint density at radius 1 is 1.50 bits per heavy atom. The minimum Gasteiger partial charge on any atom is -0.334 e. The van der Waals surface area contributed by atoms with Gasteiger partial charge in [-0.15, -0.1) is 0 Å². The molecule has 1 saturated heterocycles. The maximum absolute atomic E-state index is 13.1. The number of aryl methyl sites for hydroxylation is 2. The van der Waals surface area contributed by atoms with Gasteiger partial charge in [0.1, 0.15) is 0 Å². The number of carbonyl (C=O) groups is 1. The van der Waals surface area contributed by atoms with Gasteiger partial charge in [0.2, 0.25) is 0 Å². The van der Waals surface area contributed by atoms with Gasteiger partial charge in [0.05, 0.1) is 17.1 Å². The molecule has 0 saturated carbocycles. The third-order valence-corrected chi connectivity index (χ3v) is 4.68. The van der Waals surface area contributed by atoms with E-state index in [2.05, 4.69) is 17.0 Å². The molecule has 1 fully saturated rings. The average Bonchev–Trinajstić information content (AvgIpc) is 2.87. The molecule has 6 nitrogen and oxygen atoms in total. The van der Waals surface area contributed by atoms with Crippen LogP contribution < -0.4 is 5.73 Å². The molecule has 2 N–H and O–H groups in total. The number of fused-ring (bicyclic) bond motifs is 1. The first-order valence-electron chi connectivity index (χ1n) is 7.83. The van der Waals surface area contributed by atoms with Gasteiger partial charge in [-0.1, -0.05) is 6.92 Å². The summed E-state index contributed by atoms with van der Waals surface area (Å²) in [6.07, 6.45) is 3.88. The van der Waals surface area contributed by atoms with Crippen LogP contribution in [-0.4, -0.2) is 44.7 Å². The lowest BCUT2D eigenvalue weighted by molar-refractivity contribution is 0.0534. The molecule has 0 radical (unpaired) electrons. The standard InChI is InChI=1S/C16H23N5O/c1-10-5-4-6-21(14(10)8-17)16(22)12-7-11(2)19-15-13(12)9-18-20(15)3/h7,9-10,14H,4-6,8,17H2,1-3H3/t10-,14+/m1/s1. The number of nitrogens with two attached hydrogens (primary N) is 1. The van der Waals surface area contributed by atoms with Gasteiger partial charge in [-0.2, -0.15) is 5.10 Å². The summed E-state index contributed by atoms with van der Waals surface area (Å²) in [4.78, 5) is 19.5. The first-order chi connectivity index (χ1) is 10.5. The summed E-state index contributed by atoms with van der Waals surface area (Å²) in [5.41, 5.74) is 8.18. The zero-order valence-corrected chi connectivity index (χ0v) is 13.4. The van der Waals surface area contributed by atoms with Crippen molar-refractivity contribution in [1.29, 1.82) is 0 Å². The summed E-state index contributed by atoms with van der Waals surface area (Å²) in [7, 11) is 1.84. The van der Waals surface area contributed by atoms with Gasteiger partial charge >= 0.3 is 0 Å². The summed E-state index contributed by atoms with van der Waals surface area (Å²) in [5, 5.41) is 5.05. The van der Waals surface area contributed by atoms with Crippen LogP contribution in [0.4, 0.5) is 0 Å². The highest BCUT2D eigenvalue weighted by atomic mass is 16.2. The highest BCUT2D eigenvalue weighted by Crippen LogP contribution is 2.26. The monoisotopic (exact) mass is 301 g/mol. The van der Waals surface area contributed by atoms with Crippen molar-refractivity contribution in [2.24, 2.45) is 18.7 Å². The van der Waals surface area contributed by atoms with E-state index in [1.165, 1.54) is 0 Å². The van der Waals surface area contributed by atoms with Crippen molar-refractivity contribution >= 4 is 16.9 Å². The molecule has 6 heteroatoms. The van der Waals surface area contributed by atoms with Gasteiger partial charge in [-0.05, 0) is 31.7 Å². The third-order valence-electron chi connectivity index (χ3n) is 4.68. The van der Waals surface area contributed by atoms with E-state index < -0.39 is 0 Å². The largest absolute Gasteiger partial charge is 0.334 e. The lowest BCUT2D eigenvalue weighted by Crippen LogP contribution is -2.51. The minimum absolute atomic E-state index is 0.0468. The molecule has 2 aromatic heterocycles. The van der Waals surface area contributed by atoms with E-state index in [0.29, 0.717) is 18.0 Å². The molecule has 2 atom stereocenters. The number of amides is 1. The van der Waals surface area contributed by atoms with E-state index in [1.807, 2.05) is 24.9 Å². The lowest BCUT2D eigenvalue weighted by atomic mass is 9.90. The smallest absolute Gasteiger partial charge is 0.255 e. The molecule has 2 aromatic rings. The molecule has 0 aromatic carbocycles. The van der Waals surface area contributed by atoms with Crippen LogP contribution in [0.15, 0.2) is 12.3 Å². The van der Waals surface area contributed by atoms with Crippen LogP contribution in [0.1, 0.15) is 35.8 Å². The van der Waals surface area contributed by atoms with Crippen LogP contribution in [0, 0.1) is 12.8 Å². The predicted molar refractivity (Wildman–Crippen MR) is 85.5 cm³/mol. The fraction of sp³-hybridized carbons (Fsp3) is 0.562. The van der Waals surface area contributed by atoms with Crippen LogP contribution >= 0.6 is 0 Å². The molecule has 3 rings (SSSR count). The Bertz CT molecular complexity index is 708. The predicted octanol–water partition coefficient (Wildman–Crippen LogP) is 1.48. The Balaban J connectivity index is 2.05. The Morgan fingerprint density at radius 3 is 3.00 bits per heavy atom. The van der Waals surface area contributed by atoms with Crippen molar-refractivity contribution in [3.63, 3.8) is 0 Å². The van der Waals surface area contributed by atoms with Crippen molar-refractivity contribution in [2.45, 2.75) is 32.7 Å². The molecule has 1 aliphatic rings. The second kappa shape index (κ2) is 5.68. The summed E-state index contributed by atoms with van der Waals surface area (Å²) in [6, 6.07) is 1.97. The molecule has 3 heterocycles. The number of hydrogen-bond donors (Lipinski definition) is 1. The van der Waals surface area contributed by atoms with Crippen molar-refractivity contribution in [2.75, 3.05) is 13.1 Å². The normalized spacial score (nSPS) is 22.3. The first kappa shape index (κ1) is 15.0. The Morgan fingerprint density at radius 2 is 2.27 bits per heavy atom. The minimum atomic E-state index is 0.0468. The van der Waals surface area contributed by atoms with Gasteiger partial charge in [-0.3, -0.25) is 9.48 Å². The zero-order valence-electron chi connectivity index (χ0n) is 13.4. The zero-order chi connectivity index (χ0) is 15.9. The first-order valence-corrected chi connectivity index (χ1v) is 7.83. The number of nitrogens with zero attached hydrogens (tertiary/aromatic N) is 4. The van der Waals surface area contributed by atoms with Crippen molar-refractivity contribution in [1.82, 2.24) is 19.7 Å². The molecule has 1 aliphatic heterocycles. The van der Waals surface area contributed by atoms with E-state index >= 15 is 0 Å². The summed E-state index contributed by atoms with van der Waals surface area (Å²) >= 11 is 0. The second-order valence-electron chi connectivity index (χ2n) is 6.24. The van der Waals surface area contributed by atoms with Crippen molar-refractivity contribution in [3.8, 4) is 0 Å². The molecule has 0 bridgehead atoms. The molecule has 0 unspecified atom stereocenters. The van der Waals surface area contributed by atoms with Crippen LogP contribution in [0.5, 0.6) is 0 Å². The van der Waals surface area contributed by atoms with Gasteiger partial charge in [0.25, 0.3) is 5.91 Å². The average molecular weight is 301 g/mol. The van der Waals surface area contributed by atoms with E-state index in [4.69, 9.17) is 5.73 Å². The van der Waals surface area contributed by atoms with Gasteiger partial charge < -0.3 is 10.6 Å². The van der Waals surface area contributed by atoms with Crippen molar-refractivity contribution < 1.29 is 4.79 Å². The fourth-order valence-corrected chi connectivity index (χ4v) is 3.43. The highest BCUT2D eigenvalue weighted by molar-refractivity contribution is 6.05. The van der Waals surface area contributed by atoms with Gasteiger partial charge in [0, 0.05) is 31.9 Å². The summed E-state index contributed by atoms with van der Waals surface area (Å²) in [6.45, 7) is 5.36. The SMILES string of the molecule is Cc1cc(C(=O)N2CCC[C@@H](C)[C@@H]2CN)c2cnn(C)c2n1. The summed E-state index contributed by atoms with van der Waals surface area (Å²) < 4.78 is 1.71. The molecule has 118 valence electrons. The second-order valence-corrected chi connectivity index (χ2v) is 6.24. The number of pyridine rings is 1. The molecule has 0 spiro atoms. The summed E-state index contributed by atoms with van der Waals surface area (Å²) in [5.74, 6) is 0.487.